The molecule has 0 saturated carbocycles. The zero-order valence-corrected chi connectivity index (χ0v) is 12.9. The minimum Gasteiger partial charge on any atom is -0.489 e. The van der Waals surface area contributed by atoms with Gasteiger partial charge < -0.3 is 9.30 Å². The Morgan fingerprint density at radius 2 is 1.86 bits per heavy atom. The lowest BCUT2D eigenvalue weighted by Gasteiger charge is -2.06. The van der Waals surface area contributed by atoms with Crippen LogP contribution in [0.4, 0.5) is 0 Å². The van der Waals surface area contributed by atoms with E-state index in [4.69, 9.17) is 4.74 Å². The number of para-hydroxylation sites is 1. The Labute approximate surface area is 126 Å². The molecule has 0 unspecified atom stereocenters. The van der Waals surface area contributed by atoms with Gasteiger partial charge in [0.05, 0.1) is 5.52 Å². The van der Waals surface area contributed by atoms with Crippen LogP contribution in [0.1, 0.15) is 23.6 Å². The second-order valence-electron chi connectivity index (χ2n) is 5.52. The summed E-state index contributed by atoms with van der Waals surface area (Å²) < 4.78 is 8.27. The third-order valence-corrected chi connectivity index (χ3v) is 3.91. The summed E-state index contributed by atoms with van der Waals surface area (Å²) in [6.07, 6.45) is 2.22. The Kier molecular flexibility index (Phi) is 3.70. The van der Waals surface area contributed by atoms with Crippen molar-refractivity contribution in [3.8, 4) is 5.75 Å². The first-order valence-corrected chi connectivity index (χ1v) is 7.46. The fourth-order valence-electron chi connectivity index (χ4n) is 2.85. The zero-order chi connectivity index (χ0) is 14.8. The molecule has 0 radical (unpaired) electrons. The van der Waals surface area contributed by atoms with E-state index in [1.807, 2.05) is 12.1 Å². The van der Waals surface area contributed by atoms with Crippen molar-refractivity contribution < 1.29 is 4.74 Å². The number of nitrogens with zero attached hydrogens (tertiary/aromatic N) is 1. The van der Waals surface area contributed by atoms with Gasteiger partial charge in [-0.25, -0.2) is 0 Å². The molecule has 108 valence electrons. The molecule has 2 aromatic carbocycles. The van der Waals surface area contributed by atoms with E-state index < -0.39 is 0 Å². The van der Waals surface area contributed by atoms with E-state index in [1.165, 1.54) is 27.6 Å². The largest absolute Gasteiger partial charge is 0.489 e. The van der Waals surface area contributed by atoms with E-state index in [0.717, 1.165) is 12.3 Å². The number of fused-ring (bicyclic) bond motifs is 1. The maximum atomic E-state index is 5.97. The Bertz CT molecular complexity index is 770. The maximum Gasteiger partial charge on any atom is 0.120 e. The highest BCUT2D eigenvalue weighted by Crippen LogP contribution is 2.26. The average molecular weight is 279 g/mol. The van der Waals surface area contributed by atoms with Gasteiger partial charge in [0.2, 0.25) is 0 Å². The molecule has 0 bridgehead atoms. The van der Waals surface area contributed by atoms with Crippen LogP contribution in [0.25, 0.3) is 10.9 Å². The molecule has 0 N–H and O–H groups in total. The lowest BCUT2D eigenvalue weighted by Crippen LogP contribution is -1.95. The summed E-state index contributed by atoms with van der Waals surface area (Å²) in [5.74, 6) is 0.931. The minimum absolute atomic E-state index is 0.608. The Morgan fingerprint density at radius 3 is 2.62 bits per heavy atom. The van der Waals surface area contributed by atoms with Gasteiger partial charge >= 0.3 is 0 Å². The van der Waals surface area contributed by atoms with E-state index in [-0.39, 0.29) is 0 Å². The first-order valence-electron chi connectivity index (χ1n) is 7.46. The lowest BCUT2D eigenvalue weighted by atomic mass is 10.1. The average Bonchev–Trinajstić information content (AvgIpc) is 2.85. The van der Waals surface area contributed by atoms with E-state index in [0.29, 0.717) is 6.61 Å². The number of rotatable bonds is 4. The van der Waals surface area contributed by atoms with Crippen molar-refractivity contribution in [1.29, 1.82) is 0 Å². The summed E-state index contributed by atoms with van der Waals surface area (Å²) in [4.78, 5) is 0. The number of benzene rings is 2. The van der Waals surface area contributed by atoms with Gasteiger partial charge in [0.25, 0.3) is 0 Å². The van der Waals surface area contributed by atoms with Gasteiger partial charge in [-0.05, 0) is 44.0 Å². The van der Waals surface area contributed by atoms with Gasteiger partial charge in [0, 0.05) is 23.7 Å². The van der Waals surface area contributed by atoms with E-state index in [2.05, 4.69) is 61.9 Å². The quantitative estimate of drug-likeness (QED) is 0.665. The fraction of sp³-hybridized carbons (Fsp3) is 0.263. The summed E-state index contributed by atoms with van der Waals surface area (Å²) in [7, 11) is 0. The molecule has 2 heteroatoms. The van der Waals surface area contributed by atoms with Crippen molar-refractivity contribution in [2.45, 2.75) is 33.9 Å². The second kappa shape index (κ2) is 5.65. The van der Waals surface area contributed by atoms with Crippen LogP contribution in [0.3, 0.4) is 0 Å². The zero-order valence-electron chi connectivity index (χ0n) is 12.9. The molecule has 1 heterocycles. The smallest absolute Gasteiger partial charge is 0.120 e. The Balaban J connectivity index is 1.92. The molecule has 0 aliphatic heterocycles. The first-order chi connectivity index (χ1) is 10.2. The molecule has 3 rings (SSSR count). The SMILES string of the molecule is CCn1cc(COc2cccc(C)c2)c2cccc(C)c21. The molecule has 0 aliphatic carbocycles. The highest BCUT2D eigenvalue weighted by atomic mass is 16.5. The van der Waals surface area contributed by atoms with Crippen molar-refractivity contribution in [1.82, 2.24) is 4.57 Å². The molecule has 1 aromatic heterocycles. The summed E-state index contributed by atoms with van der Waals surface area (Å²) in [6.45, 7) is 8.01. The number of aromatic nitrogens is 1. The first kappa shape index (κ1) is 13.7. The van der Waals surface area contributed by atoms with Crippen LogP contribution >= 0.6 is 0 Å². The molecule has 21 heavy (non-hydrogen) atoms. The standard InChI is InChI=1S/C19H21NO/c1-4-20-12-16(18-10-6-8-15(3)19(18)20)13-21-17-9-5-7-14(2)11-17/h5-12H,4,13H2,1-3H3. The molecular formula is C19H21NO. The van der Waals surface area contributed by atoms with Crippen LogP contribution in [-0.2, 0) is 13.2 Å². The van der Waals surface area contributed by atoms with Gasteiger partial charge in [0.15, 0.2) is 0 Å². The van der Waals surface area contributed by atoms with E-state index in [1.54, 1.807) is 0 Å². The van der Waals surface area contributed by atoms with Crippen LogP contribution in [0.2, 0.25) is 0 Å². The van der Waals surface area contributed by atoms with Crippen molar-refractivity contribution in [3.05, 3.63) is 65.4 Å². The summed E-state index contributed by atoms with van der Waals surface area (Å²) in [5.41, 5.74) is 5.11. The van der Waals surface area contributed by atoms with Gasteiger partial charge in [-0.3, -0.25) is 0 Å². The molecule has 0 saturated heterocycles. The molecule has 2 nitrogen and oxygen atoms in total. The second-order valence-corrected chi connectivity index (χ2v) is 5.52. The Morgan fingerprint density at radius 1 is 1.05 bits per heavy atom. The van der Waals surface area contributed by atoms with Gasteiger partial charge in [-0.2, -0.15) is 0 Å². The van der Waals surface area contributed by atoms with Crippen LogP contribution in [0.5, 0.6) is 5.75 Å². The van der Waals surface area contributed by atoms with Gasteiger partial charge in [0.1, 0.15) is 12.4 Å². The number of aryl methyl sites for hydroxylation is 3. The molecule has 3 aromatic rings. The van der Waals surface area contributed by atoms with Gasteiger partial charge in [-0.15, -0.1) is 0 Å². The lowest BCUT2D eigenvalue weighted by molar-refractivity contribution is 0.307. The third-order valence-electron chi connectivity index (χ3n) is 3.91. The number of hydrogen-bond acceptors (Lipinski definition) is 1. The summed E-state index contributed by atoms with van der Waals surface area (Å²) >= 11 is 0. The molecule has 0 amide bonds. The topological polar surface area (TPSA) is 14.2 Å². The van der Waals surface area contributed by atoms with Crippen LogP contribution in [0.15, 0.2) is 48.7 Å². The van der Waals surface area contributed by atoms with Crippen LogP contribution in [-0.4, -0.2) is 4.57 Å². The van der Waals surface area contributed by atoms with Crippen molar-refractivity contribution in [3.63, 3.8) is 0 Å². The van der Waals surface area contributed by atoms with Crippen LogP contribution < -0.4 is 4.74 Å². The maximum absolute atomic E-state index is 5.97. The van der Waals surface area contributed by atoms with E-state index >= 15 is 0 Å². The normalized spacial score (nSPS) is 11.0. The molecule has 0 fully saturated rings. The summed E-state index contributed by atoms with van der Waals surface area (Å²) in [5, 5.41) is 1.30. The number of hydrogen-bond donors (Lipinski definition) is 0. The number of ether oxygens (including phenoxy) is 1. The van der Waals surface area contributed by atoms with Gasteiger partial charge in [-0.1, -0.05) is 30.3 Å². The molecule has 0 spiro atoms. The highest BCUT2D eigenvalue weighted by molar-refractivity contribution is 5.86. The third kappa shape index (κ3) is 2.66. The highest BCUT2D eigenvalue weighted by Gasteiger charge is 2.10. The van der Waals surface area contributed by atoms with Crippen molar-refractivity contribution >= 4 is 10.9 Å². The minimum atomic E-state index is 0.608. The molecule has 0 atom stereocenters. The van der Waals surface area contributed by atoms with E-state index in [9.17, 15) is 0 Å². The Hall–Kier alpha value is -2.22. The summed E-state index contributed by atoms with van der Waals surface area (Å²) in [6, 6.07) is 14.7. The van der Waals surface area contributed by atoms with Crippen molar-refractivity contribution in [2.75, 3.05) is 0 Å². The van der Waals surface area contributed by atoms with Crippen molar-refractivity contribution in [2.24, 2.45) is 0 Å². The predicted octanol–water partition coefficient (Wildman–Crippen LogP) is 4.86. The molecule has 0 aliphatic rings. The fourth-order valence-corrected chi connectivity index (χ4v) is 2.85. The van der Waals surface area contributed by atoms with Crippen LogP contribution in [0, 0.1) is 13.8 Å². The monoisotopic (exact) mass is 279 g/mol. The predicted molar refractivity (Wildman–Crippen MR) is 87.9 cm³/mol. The molecular weight excluding hydrogens is 258 g/mol.